The van der Waals surface area contributed by atoms with Crippen molar-refractivity contribution in [3.8, 4) is 0 Å². The zero-order chi connectivity index (χ0) is 15.8. The van der Waals surface area contributed by atoms with Gasteiger partial charge in [0.1, 0.15) is 0 Å². The minimum atomic E-state index is -0.112. The summed E-state index contributed by atoms with van der Waals surface area (Å²) >= 11 is 3.51. The lowest BCUT2D eigenvalue weighted by Crippen LogP contribution is -2.37. The van der Waals surface area contributed by atoms with Crippen LogP contribution < -0.4 is 10.6 Å². The van der Waals surface area contributed by atoms with Crippen LogP contribution in [-0.4, -0.2) is 19.1 Å². The van der Waals surface area contributed by atoms with Gasteiger partial charge in [0.25, 0.3) is 0 Å². The zero-order valence-corrected chi connectivity index (χ0v) is 14.3. The van der Waals surface area contributed by atoms with Crippen molar-refractivity contribution in [3.63, 3.8) is 0 Å². The maximum Gasteiger partial charge on any atom is 0.314 e. The maximum absolute atomic E-state index is 11.7. The smallest absolute Gasteiger partial charge is 0.314 e. The second-order valence-corrected chi connectivity index (χ2v) is 6.11. The highest BCUT2D eigenvalue weighted by Crippen LogP contribution is 2.15. The molecule has 0 radical (unpaired) electrons. The van der Waals surface area contributed by atoms with E-state index in [0.29, 0.717) is 13.1 Å². The van der Waals surface area contributed by atoms with E-state index in [9.17, 15) is 4.79 Å². The number of amides is 2. The highest BCUT2D eigenvalue weighted by molar-refractivity contribution is 9.10. The van der Waals surface area contributed by atoms with Gasteiger partial charge in [0.2, 0.25) is 0 Å². The summed E-state index contributed by atoms with van der Waals surface area (Å²) in [7, 11) is 0. The Balaban J connectivity index is 1.64. The first-order valence-corrected chi connectivity index (χ1v) is 8.25. The lowest BCUT2D eigenvalue weighted by Gasteiger charge is -2.09. The Morgan fingerprint density at radius 1 is 0.955 bits per heavy atom. The zero-order valence-electron chi connectivity index (χ0n) is 12.7. The molecule has 3 nitrogen and oxygen atoms in total. The summed E-state index contributed by atoms with van der Waals surface area (Å²) in [6.45, 7) is 3.34. The lowest BCUT2D eigenvalue weighted by atomic mass is 10.1. The minimum absolute atomic E-state index is 0.112. The van der Waals surface area contributed by atoms with Crippen LogP contribution in [0.3, 0.4) is 0 Å². The van der Waals surface area contributed by atoms with Gasteiger partial charge in [-0.05, 0) is 37.0 Å². The molecule has 2 rings (SSSR count). The fourth-order valence-electron chi connectivity index (χ4n) is 2.15. The summed E-state index contributed by atoms with van der Waals surface area (Å²) in [6, 6.07) is 16.3. The molecule has 4 heteroatoms. The lowest BCUT2D eigenvalue weighted by molar-refractivity contribution is 0.241. The van der Waals surface area contributed by atoms with Crippen LogP contribution in [0.2, 0.25) is 0 Å². The maximum atomic E-state index is 11.7. The summed E-state index contributed by atoms with van der Waals surface area (Å²) in [5.74, 6) is 0. The van der Waals surface area contributed by atoms with Crippen LogP contribution in [0, 0.1) is 6.92 Å². The molecule has 116 valence electrons. The third-order valence-electron chi connectivity index (χ3n) is 3.46. The van der Waals surface area contributed by atoms with Crippen LogP contribution >= 0.6 is 15.9 Å². The number of aryl methyl sites for hydroxylation is 1. The molecule has 0 fully saturated rings. The first-order chi connectivity index (χ1) is 10.6. The van der Waals surface area contributed by atoms with E-state index in [1.807, 2.05) is 18.2 Å². The molecule has 2 N–H and O–H groups in total. The summed E-state index contributed by atoms with van der Waals surface area (Å²) in [4.78, 5) is 11.7. The van der Waals surface area contributed by atoms with E-state index in [1.165, 1.54) is 16.7 Å². The van der Waals surface area contributed by atoms with E-state index >= 15 is 0 Å². The summed E-state index contributed by atoms with van der Waals surface area (Å²) in [6.07, 6.45) is 1.66. The number of carbonyl (C=O) groups is 1. The Kier molecular flexibility index (Phi) is 6.46. The molecule has 0 unspecified atom stereocenters. The molecule has 0 aliphatic rings. The third kappa shape index (κ3) is 5.53. The Hall–Kier alpha value is -1.81. The molecule has 2 amide bonds. The summed E-state index contributed by atoms with van der Waals surface area (Å²) < 4.78 is 1.08. The molecule has 22 heavy (non-hydrogen) atoms. The van der Waals surface area contributed by atoms with Gasteiger partial charge in [-0.15, -0.1) is 0 Å². The van der Waals surface area contributed by atoms with Gasteiger partial charge < -0.3 is 10.6 Å². The standard InChI is InChI=1S/C18H21BrN2O/c1-14-6-8-15(9-7-14)10-12-20-18(22)21-13-11-16-4-2-3-5-17(16)19/h2-9H,10-13H2,1H3,(H2,20,21,22). The average Bonchev–Trinajstić information content (AvgIpc) is 2.51. The molecule has 0 atom stereocenters. The van der Waals surface area contributed by atoms with Gasteiger partial charge >= 0.3 is 6.03 Å². The number of hydrogen-bond donors (Lipinski definition) is 2. The van der Waals surface area contributed by atoms with E-state index in [4.69, 9.17) is 0 Å². The van der Waals surface area contributed by atoms with Gasteiger partial charge in [0, 0.05) is 17.6 Å². The van der Waals surface area contributed by atoms with Crippen LogP contribution in [-0.2, 0) is 12.8 Å². The van der Waals surface area contributed by atoms with E-state index < -0.39 is 0 Å². The third-order valence-corrected chi connectivity index (χ3v) is 4.23. The van der Waals surface area contributed by atoms with Gasteiger partial charge in [-0.3, -0.25) is 0 Å². The fraction of sp³-hybridized carbons (Fsp3) is 0.278. The van der Waals surface area contributed by atoms with Crippen molar-refractivity contribution in [1.29, 1.82) is 0 Å². The van der Waals surface area contributed by atoms with Crippen molar-refractivity contribution < 1.29 is 4.79 Å². The Labute approximate surface area is 140 Å². The molecule has 0 aliphatic heterocycles. The van der Waals surface area contributed by atoms with Crippen molar-refractivity contribution >= 4 is 22.0 Å². The Bertz CT molecular complexity index is 611. The van der Waals surface area contributed by atoms with Crippen LogP contribution in [0.15, 0.2) is 53.0 Å². The van der Waals surface area contributed by atoms with Gasteiger partial charge in [0.05, 0.1) is 0 Å². The van der Waals surface area contributed by atoms with Gasteiger partial charge in [-0.1, -0.05) is 64.0 Å². The van der Waals surface area contributed by atoms with E-state index in [-0.39, 0.29) is 6.03 Å². The molecule has 2 aromatic carbocycles. The number of carbonyl (C=O) groups excluding carboxylic acids is 1. The average molecular weight is 361 g/mol. The largest absolute Gasteiger partial charge is 0.338 e. The van der Waals surface area contributed by atoms with Crippen molar-refractivity contribution in [3.05, 3.63) is 69.7 Å². The summed E-state index contributed by atoms with van der Waals surface area (Å²) in [5.41, 5.74) is 3.68. The minimum Gasteiger partial charge on any atom is -0.338 e. The second-order valence-electron chi connectivity index (χ2n) is 5.26. The highest BCUT2D eigenvalue weighted by Gasteiger charge is 2.02. The van der Waals surface area contributed by atoms with Gasteiger partial charge in [0.15, 0.2) is 0 Å². The topological polar surface area (TPSA) is 41.1 Å². The first kappa shape index (κ1) is 16.6. The van der Waals surface area contributed by atoms with Crippen molar-refractivity contribution in [1.82, 2.24) is 10.6 Å². The molecule has 0 saturated heterocycles. The number of rotatable bonds is 6. The van der Waals surface area contributed by atoms with Crippen molar-refractivity contribution in [2.24, 2.45) is 0 Å². The monoisotopic (exact) mass is 360 g/mol. The molecule has 0 saturated carbocycles. The molecule has 0 bridgehead atoms. The fourth-order valence-corrected chi connectivity index (χ4v) is 2.63. The van der Waals surface area contributed by atoms with Crippen LogP contribution in [0.5, 0.6) is 0 Å². The van der Waals surface area contributed by atoms with Crippen LogP contribution in [0.4, 0.5) is 4.79 Å². The SMILES string of the molecule is Cc1ccc(CCNC(=O)NCCc2ccccc2Br)cc1. The molecule has 0 spiro atoms. The number of nitrogens with one attached hydrogen (secondary N) is 2. The quantitative estimate of drug-likeness (QED) is 0.807. The second kappa shape index (κ2) is 8.59. The number of halogens is 1. The molecule has 0 aromatic heterocycles. The van der Waals surface area contributed by atoms with Crippen LogP contribution in [0.1, 0.15) is 16.7 Å². The predicted octanol–water partition coefficient (Wildman–Crippen LogP) is 3.84. The molecule has 2 aromatic rings. The number of hydrogen-bond acceptors (Lipinski definition) is 1. The van der Waals surface area contributed by atoms with Crippen molar-refractivity contribution in [2.45, 2.75) is 19.8 Å². The molecular weight excluding hydrogens is 340 g/mol. The van der Waals surface area contributed by atoms with Crippen molar-refractivity contribution in [2.75, 3.05) is 13.1 Å². The molecule has 0 aliphatic carbocycles. The van der Waals surface area contributed by atoms with Gasteiger partial charge in [-0.2, -0.15) is 0 Å². The van der Waals surface area contributed by atoms with Crippen LogP contribution in [0.25, 0.3) is 0 Å². The normalized spacial score (nSPS) is 10.3. The Morgan fingerprint density at radius 2 is 1.59 bits per heavy atom. The Morgan fingerprint density at radius 3 is 2.27 bits per heavy atom. The van der Waals surface area contributed by atoms with E-state index in [0.717, 1.165) is 17.3 Å². The highest BCUT2D eigenvalue weighted by atomic mass is 79.9. The van der Waals surface area contributed by atoms with E-state index in [2.05, 4.69) is 63.8 Å². The molecular formula is C18H21BrN2O. The van der Waals surface area contributed by atoms with E-state index in [1.54, 1.807) is 0 Å². The number of benzene rings is 2. The predicted molar refractivity (Wildman–Crippen MR) is 94.1 cm³/mol. The van der Waals surface area contributed by atoms with Gasteiger partial charge in [-0.25, -0.2) is 4.79 Å². The number of urea groups is 1. The molecule has 0 heterocycles. The first-order valence-electron chi connectivity index (χ1n) is 7.46. The summed E-state index contributed by atoms with van der Waals surface area (Å²) in [5, 5.41) is 5.77.